The zero-order chi connectivity index (χ0) is 26.3. The number of rotatable bonds is 10. The summed E-state index contributed by atoms with van der Waals surface area (Å²) in [6.45, 7) is 3.55. The molecule has 0 atom stereocenters. The lowest BCUT2D eigenvalue weighted by atomic mass is 10.2. The molecule has 9 nitrogen and oxygen atoms in total. The molecule has 0 spiro atoms. The van der Waals surface area contributed by atoms with Crippen molar-refractivity contribution in [2.45, 2.75) is 6.18 Å². The molecule has 3 aromatic rings. The first-order chi connectivity index (χ1) is 17.0. The molecule has 3 N–H and O–H groups in total. The van der Waals surface area contributed by atoms with Crippen molar-refractivity contribution in [1.82, 2.24) is 15.4 Å². The van der Waals surface area contributed by atoms with E-state index in [-0.39, 0.29) is 18.2 Å². The topological polar surface area (TPSA) is 114 Å². The molecule has 0 aliphatic carbocycles. The lowest BCUT2D eigenvalue weighted by molar-refractivity contribution is -0.137. The van der Waals surface area contributed by atoms with Crippen LogP contribution in [0.3, 0.4) is 0 Å². The first kappa shape index (κ1) is 27.1. The van der Waals surface area contributed by atoms with Gasteiger partial charge in [0.25, 0.3) is 5.91 Å². The number of para-hydroxylation sites is 1. The van der Waals surface area contributed by atoms with Crippen molar-refractivity contribution in [3.8, 4) is 0 Å². The largest absolute Gasteiger partial charge is 0.421 e. The molecular formula is C23H25F3N5O4P. The Labute approximate surface area is 205 Å². The van der Waals surface area contributed by atoms with Crippen LogP contribution in [0.1, 0.15) is 15.9 Å². The van der Waals surface area contributed by atoms with Crippen LogP contribution >= 0.6 is 7.14 Å². The van der Waals surface area contributed by atoms with E-state index in [1.165, 1.54) is 50.8 Å². The number of methoxy groups -OCH3 is 1. The highest BCUT2D eigenvalue weighted by Crippen LogP contribution is 2.40. The molecule has 2 aromatic carbocycles. The maximum Gasteiger partial charge on any atom is 0.421 e. The number of alkyl halides is 3. The summed E-state index contributed by atoms with van der Waals surface area (Å²) in [5.74, 6) is -1.08. The molecule has 13 heteroatoms. The number of aromatic nitrogens is 2. The second-order valence-electron chi connectivity index (χ2n) is 7.92. The quantitative estimate of drug-likeness (QED) is 0.202. The van der Waals surface area contributed by atoms with Crippen LogP contribution in [0.5, 0.6) is 0 Å². The second kappa shape index (κ2) is 11.5. The van der Waals surface area contributed by atoms with Gasteiger partial charge in [0.15, 0.2) is 0 Å². The van der Waals surface area contributed by atoms with Crippen LogP contribution in [-0.4, -0.2) is 49.5 Å². The third kappa shape index (κ3) is 7.27. The SMILES string of the molecule is COCCONC(=O)c1ccc(Nc2ncc(C(F)(F)F)c(Nc3ccccc3P(C)(C)=O)n2)cc1. The number of anilines is 4. The summed E-state index contributed by atoms with van der Waals surface area (Å²) in [5.41, 5.74) is 2.18. The number of amides is 1. The van der Waals surface area contributed by atoms with E-state index in [4.69, 9.17) is 9.57 Å². The summed E-state index contributed by atoms with van der Waals surface area (Å²) < 4.78 is 58.4. The number of carbonyl (C=O) groups is 1. The molecule has 0 aliphatic rings. The Morgan fingerprint density at radius 1 is 1.03 bits per heavy atom. The fraction of sp³-hybridized carbons (Fsp3) is 0.261. The van der Waals surface area contributed by atoms with Crippen LogP contribution in [0.25, 0.3) is 0 Å². The Morgan fingerprint density at radius 3 is 2.36 bits per heavy atom. The van der Waals surface area contributed by atoms with E-state index >= 15 is 0 Å². The van der Waals surface area contributed by atoms with Gasteiger partial charge in [0.05, 0.1) is 18.9 Å². The average molecular weight is 523 g/mol. The lowest BCUT2D eigenvalue weighted by Crippen LogP contribution is -2.25. The average Bonchev–Trinajstić information content (AvgIpc) is 2.81. The normalized spacial score (nSPS) is 11.7. The monoisotopic (exact) mass is 523 g/mol. The summed E-state index contributed by atoms with van der Waals surface area (Å²) in [5, 5.41) is 5.88. The zero-order valence-electron chi connectivity index (χ0n) is 19.7. The molecule has 0 saturated heterocycles. The third-order valence-electron chi connectivity index (χ3n) is 4.79. The maximum absolute atomic E-state index is 13.6. The summed E-state index contributed by atoms with van der Waals surface area (Å²) in [4.78, 5) is 24.8. The minimum Gasteiger partial charge on any atom is -0.382 e. The van der Waals surface area contributed by atoms with Crippen LogP contribution in [0.4, 0.5) is 36.3 Å². The molecule has 1 amide bonds. The highest BCUT2D eigenvalue weighted by Gasteiger charge is 2.35. The van der Waals surface area contributed by atoms with Crippen molar-refractivity contribution in [3.05, 3.63) is 65.9 Å². The van der Waals surface area contributed by atoms with Crippen molar-refractivity contribution < 1.29 is 32.1 Å². The van der Waals surface area contributed by atoms with Crippen molar-refractivity contribution in [2.24, 2.45) is 0 Å². The van der Waals surface area contributed by atoms with Crippen LogP contribution in [0, 0.1) is 0 Å². The van der Waals surface area contributed by atoms with E-state index in [9.17, 15) is 22.5 Å². The molecule has 1 aromatic heterocycles. The number of nitrogens with zero attached hydrogens (tertiary/aromatic N) is 2. The zero-order valence-corrected chi connectivity index (χ0v) is 20.6. The molecule has 36 heavy (non-hydrogen) atoms. The van der Waals surface area contributed by atoms with Gasteiger partial charge in [-0.1, -0.05) is 12.1 Å². The fourth-order valence-corrected chi connectivity index (χ4v) is 4.21. The maximum atomic E-state index is 13.6. The molecule has 3 rings (SSSR count). The van der Waals surface area contributed by atoms with Gasteiger partial charge in [-0.3, -0.25) is 9.63 Å². The summed E-state index contributed by atoms with van der Waals surface area (Å²) in [6.07, 6.45) is -4.06. The number of nitrogens with one attached hydrogen (secondary N) is 3. The molecule has 0 unspecified atom stereocenters. The van der Waals surface area contributed by atoms with Crippen molar-refractivity contribution in [2.75, 3.05) is 44.3 Å². The van der Waals surface area contributed by atoms with E-state index in [0.717, 1.165) is 0 Å². The Balaban J connectivity index is 1.82. The van der Waals surface area contributed by atoms with Gasteiger partial charge in [0.2, 0.25) is 5.95 Å². The van der Waals surface area contributed by atoms with Gasteiger partial charge >= 0.3 is 6.18 Å². The van der Waals surface area contributed by atoms with Crippen LogP contribution < -0.4 is 21.4 Å². The lowest BCUT2D eigenvalue weighted by Gasteiger charge is -2.18. The van der Waals surface area contributed by atoms with Gasteiger partial charge in [0.1, 0.15) is 18.5 Å². The summed E-state index contributed by atoms with van der Waals surface area (Å²) in [7, 11) is -1.29. The Morgan fingerprint density at radius 2 is 1.72 bits per heavy atom. The number of benzene rings is 2. The van der Waals surface area contributed by atoms with Crippen LogP contribution in [-0.2, 0) is 20.3 Å². The van der Waals surface area contributed by atoms with E-state index in [0.29, 0.717) is 29.4 Å². The second-order valence-corrected chi connectivity index (χ2v) is 11.1. The van der Waals surface area contributed by atoms with Gasteiger partial charge in [-0.05, 0) is 49.7 Å². The minimum atomic E-state index is -4.72. The van der Waals surface area contributed by atoms with Gasteiger partial charge < -0.3 is 19.9 Å². The predicted molar refractivity (Wildman–Crippen MR) is 131 cm³/mol. The number of halogens is 3. The predicted octanol–water partition coefficient (Wildman–Crippen LogP) is 4.54. The standard InChI is InChI=1S/C23H25F3N5O4P/c1-34-12-13-35-31-21(32)15-8-10-16(11-9-15)28-22-27-14-17(23(24,25)26)20(30-22)29-18-6-4-5-7-19(18)36(2,3)33/h4-11,14H,12-13H2,1-3H3,(H,31,32)(H2,27,28,29,30). The number of hydrogen-bond donors (Lipinski definition) is 3. The van der Waals surface area contributed by atoms with Gasteiger partial charge in [-0.25, -0.2) is 10.5 Å². The fourth-order valence-electron chi connectivity index (χ4n) is 3.06. The van der Waals surface area contributed by atoms with Crippen LogP contribution in [0.2, 0.25) is 0 Å². The molecule has 1 heterocycles. The van der Waals surface area contributed by atoms with E-state index in [1.807, 2.05) is 0 Å². The van der Waals surface area contributed by atoms with E-state index in [2.05, 4.69) is 26.1 Å². The molecule has 0 radical (unpaired) electrons. The van der Waals surface area contributed by atoms with Crippen molar-refractivity contribution >= 4 is 41.5 Å². The van der Waals surface area contributed by atoms with E-state index in [1.54, 1.807) is 18.2 Å². The van der Waals surface area contributed by atoms with Gasteiger partial charge in [-0.15, -0.1) is 0 Å². The molecule has 0 bridgehead atoms. The number of hydroxylamine groups is 1. The van der Waals surface area contributed by atoms with Gasteiger partial charge in [0, 0.05) is 29.9 Å². The molecular weight excluding hydrogens is 498 g/mol. The highest BCUT2D eigenvalue weighted by atomic mass is 31.2. The first-order valence-electron chi connectivity index (χ1n) is 10.6. The minimum absolute atomic E-state index is 0.112. The Bertz CT molecular complexity index is 1250. The summed E-state index contributed by atoms with van der Waals surface area (Å²) in [6, 6.07) is 12.5. The first-order valence-corrected chi connectivity index (χ1v) is 13.2. The number of hydrogen-bond acceptors (Lipinski definition) is 8. The van der Waals surface area contributed by atoms with Crippen LogP contribution in [0.15, 0.2) is 54.7 Å². The molecule has 0 saturated carbocycles. The smallest absolute Gasteiger partial charge is 0.382 e. The Hall–Kier alpha value is -3.47. The highest BCUT2D eigenvalue weighted by molar-refractivity contribution is 7.70. The third-order valence-corrected chi connectivity index (χ3v) is 6.34. The Kier molecular flexibility index (Phi) is 8.67. The van der Waals surface area contributed by atoms with Crippen molar-refractivity contribution in [3.63, 3.8) is 0 Å². The molecule has 0 aliphatic heterocycles. The van der Waals surface area contributed by atoms with Crippen molar-refractivity contribution in [1.29, 1.82) is 0 Å². The number of ether oxygens (including phenoxy) is 1. The van der Waals surface area contributed by atoms with E-state index < -0.39 is 30.6 Å². The molecule has 192 valence electrons. The summed E-state index contributed by atoms with van der Waals surface area (Å²) >= 11 is 0. The molecule has 0 fully saturated rings. The number of carbonyl (C=O) groups excluding carboxylic acids is 1. The van der Waals surface area contributed by atoms with Gasteiger partial charge in [-0.2, -0.15) is 18.2 Å².